The van der Waals surface area contributed by atoms with Crippen LogP contribution in [0.3, 0.4) is 0 Å². The minimum absolute atomic E-state index is 0.772. The first-order valence-corrected chi connectivity index (χ1v) is 6.75. The molecule has 0 saturated carbocycles. The van der Waals surface area contributed by atoms with Crippen molar-refractivity contribution in [2.75, 3.05) is 12.3 Å². The Labute approximate surface area is 101 Å². The summed E-state index contributed by atoms with van der Waals surface area (Å²) in [5, 5.41) is 13.2. The molecule has 1 aliphatic rings. The van der Waals surface area contributed by atoms with E-state index in [1.807, 2.05) is 24.3 Å². The third-order valence-electron chi connectivity index (χ3n) is 2.85. The van der Waals surface area contributed by atoms with E-state index in [4.69, 9.17) is 5.26 Å². The number of benzene rings is 1. The topological polar surface area (TPSA) is 35.8 Å². The van der Waals surface area contributed by atoms with Crippen LogP contribution >= 0.6 is 11.8 Å². The molecule has 1 aliphatic heterocycles. The van der Waals surface area contributed by atoms with Gasteiger partial charge in [0, 0.05) is 18.3 Å². The first-order valence-electron chi connectivity index (χ1n) is 5.70. The van der Waals surface area contributed by atoms with Crippen LogP contribution in [0, 0.1) is 11.3 Å². The van der Waals surface area contributed by atoms with Crippen molar-refractivity contribution in [1.29, 1.82) is 5.26 Å². The lowest BCUT2D eigenvalue weighted by molar-refractivity contribution is 0.645. The Hall–Kier alpha value is -0.980. The van der Waals surface area contributed by atoms with Gasteiger partial charge in [-0.15, -0.1) is 0 Å². The molecule has 1 fully saturated rings. The largest absolute Gasteiger partial charge is 0.312 e. The standard InChI is InChI=1S/C13H16N2S/c14-8-11-4-1-2-5-12(11)9-15-10-13-6-3-7-16-13/h1-2,4-5,13,15H,3,6-7,9-10H2. The summed E-state index contributed by atoms with van der Waals surface area (Å²) < 4.78 is 0. The Kier molecular flexibility index (Phi) is 4.26. The van der Waals surface area contributed by atoms with Gasteiger partial charge in [-0.1, -0.05) is 18.2 Å². The minimum Gasteiger partial charge on any atom is -0.312 e. The Balaban J connectivity index is 1.82. The molecule has 1 atom stereocenters. The van der Waals surface area contributed by atoms with Crippen molar-refractivity contribution < 1.29 is 0 Å². The molecule has 1 heterocycles. The number of hydrogen-bond acceptors (Lipinski definition) is 3. The van der Waals surface area contributed by atoms with E-state index in [0.717, 1.165) is 29.5 Å². The lowest BCUT2D eigenvalue weighted by Crippen LogP contribution is -2.23. The van der Waals surface area contributed by atoms with E-state index in [0.29, 0.717) is 0 Å². The number of rotatable bonds is 4. The highest BCUT2D eigenvalue weighted by molar-refractivity contribution is 8.00. The molecule has 16 heavy (non-hydrogen) atoms. The number of nitrogens with zero attached hydrogens (tertiary/aromatic N) is 1. The Morgan fingerprint density at radius 1 is 1.44 bits per heavy atom. The summed E-state index contributed by atoms with van der Waals surface area (Å²) in [6.45, 7) is 1.87. The highest BCUT2D eigenvalue weighted by Crippen LogP contribution is 2.25. The van der Waals surface area contributed by atoms with Gasteiger partial charge in [0.2, 0.25) is 0 Å². The molecule has 1 N–H and O–H groups in total. The summed E-state index contributed by atoms with van der Waals surface area (Å²) in [5.41, 5.74) is 1.89. The summed E-state index contributed by atoms with van der Waals surface area (Å²) >= 11 is 2.06. The van der Waals surface area contributed by atoms with Crippen LogP contribution in [0.2, 0.25) is 0 Å². The maximum absolute atomic E-state index is 8.95. The number of nitrogens with one attached hydrogen (secondary N) is 1. The third kappa shape index (κ3) is 3.01. The van der Waals surface area contributed by atoms with Crippen molar-refractivity contribution >= 4 is 11.8 Å². The lowest BCUT2D eigenvalue weighted by Gasteiger charge is -2.10. The van der Waals surface area contributed by atoms with E-state index in [1.54, 1.807) is 0 Å². The molecule has 1 aromatic carbocycles. The Morgan fingerprint density at radius 2 is 2.31 bits per heavy atom. The van der Waals surface area contributed by atoms with Gasteiger partial charge >= 0.3 is 0 Å². The molecule has 0 amide bonds. The van der Waals surface area contributed by atoms with Gasteiger partial charge < -0.3 is 5.32 Å². The van der Waals surface area contributed by atoms with Gasteiger partial charge in [-0.05, 0) is 30.2 Å². The quantitative estimate of drug-likeness (QED) is 0.866. The summed E-state index contributed by atoms with van der Waals surface area (Å²) in [7, 11) is 0. The van der Waals surface area contributed by atoms with E-state index in [-0.39, 0.29) is 0 Å². The van der Waals surface area contributed by atoms with Crippen molar-refractivity contribution in [3.63, 3.8) is 0 Å². The second-order valence-electron chi connectivity index (χ2n) is 4.03. The molecule has 0 radical (unpaired) electrons. The fourth-order valence-electron chi connectivity index (χ4n) is 1.96. The van der Waals surface area contributed by atoms with Crippen LogP contribution in [0.5, 0.6) is 0 Å². The summed E-state index contributed by atoms with van der Waals surface area (Å²) in [6.07, 6.45) is 2.68. The highest BCUT2D eigenvalue weighted by atomic mass is 32.2. The zero-order valence-corrected chi connectivity index (χ0v) is 10.1. The molecule has 0 aliphatic carbocycles. The number of nitriles is 1. The molecule has 2 nitrogen and oxygen atoms in total. The molecule has 1 saturated heterocycles. The fourth-order valence-corrected chi connectivity index (χ4v) is 3.19. The van der Waals surface area contributed by atoms with Crippen molar-refractivity contribution in [2.24, 2.45) is 0 Å². The van der Waals surface area contributed by atoms with E-state index in [2.05, 4.69) is 23.1 Å². The molecule has 84 valence electrons. The molecule has 0 aromatic heterocycles. The minimum atomic E-state index is 0.772. The molecule has 1 aromatic rings. The van der Waals surface area contributed by atoms with E-state index in [9.17, 15) is 0 Å². The SMILES string of the molecule is N#Cc1ccccc1CNCC1CCCS1. The lowest BCUT2D eigenvalue weighted by atomic mass is 10.1. The second-order valence-corrected chi connectivity index (χ2v) is 5.44. The fraction of sp³-hybridized carbons (Fsp3) is 0.462. The predicted molar refractivity (Wildman–Crippen MR) is 68.3 cm³/mol. The number of hydrogen-bond donors (Lipinski definition) is 1. The van der Waals surface area contributed by atoms with Gasteiger partial charge in [0.25, 0.3) is 0 Å². The monoisotopic (exact) mass is 232 g/mol. The molecular weight excluding hydrogens is 216 g/mol. The Morgan fingerprint density at radius 3 is 3.06 bits per heavy atom. The van der Waals surface area contributed by atoms with Crippen LogP contribution < -0.4 is 5.32 Å². The number of thioether (sulfide) groups is 1. The molecule has 2 rings (SSSR count). The average molecular weight is 232 g/mol. The van der Waals surface area contributed by atoms with Gasteiger partial charge in [-0.2, -0.15) is 17.0 Å². The zero-order chi connectivity index (χ0) is 11.2. The second kappa shape index (κ2) is 5.93. The van der Waals surface area contributed by atoms with Crippen LogP contribution in [-0.4, -0.2) is 17.5 Å². The zero-order valence-electron chi connectivity index (χ0n) is 9.28. The van der Waals surface area contributed by atoms with Crippen LogP contribution in [0.25, 0.3) is 0 Å². The average Bonchev–Trinajstić information content (AvgIpc) is 2.83. The normalized spacial score (nSPS) is 19.6. The molecule has 0 spiro atoms. The van der Waals surface area contributed by atoms with Gasteiger partial charge in [-0.25, -0.2) is 0 Å². The molecular formula is C13H16N2S. The van der Waals surface area contributed by atoms with Crippen LogP contribution in [0.1, 0.15) is 24.0 Å². The van der Waals surface area contributed by atoms with Crippen LogP contribution in [0.4, 0.5) is 0 Å². The van der Waals surface area contributed by atoms with Gasteiger partial charge in [-0.3, -0.25) is 0 Å². The van der Waals surface area contributed by atoms with Crippen molar-refractivity contribution in [2.45, 2.75) is 24.6 Å². The summed E-state index contributed by atoms with van der Waals surface area (Å²) in [6, 6.07) is 10.0. The smallest absolute Gasteiger partial charge is 0.0995 e. The molecule has 1 unspecified atom stereocenters. The van der Waals surface area contributed by atoms with Gasteiger partial charge in [0.15, 0.2) is 0 Å². The highest BCUT2D eigenvalue weighted by Gasteiger charge is 2.14. The summed E-state index contributed by atoms with van der Waals surface area (Å²) in [4.78, 5) is 0. The first-order chi connectivity index (χ1) is 7.90. The first kappa shape index (κ1) is 11.5. The predicted octanol–water partition coefficient (Wildman–Crippen LogP) is 2.54. The maximum Gasteiger partial charge on any atom is 0.0995 e. The van der Waals surface area contributed by atoms with Crippen LogP contribution in [-0.2, 0) is 6.54 Å². The van der Waals surface area contributed by atoms with Gasteiger partial charge in [0.1, 0.15) is 0 Å². The molecule has 0 bridgehead atoms. The maximum atomic E-state index is 8.95. The Bertz CT molecular complexity index is 378. The van der Waals surface area contributed by atoms with Gasteiger partial charge in [0.05, 0.1) is 11.6 Å². The van der Waals surface area contributed by atoms with Crippen molar-refractivity contribution in [3.05, 3.63) is 35.4 Å². The van der Waals surface area contributed by atoms with Crippen molar-refractivity contribution in [3.8, 4) is 6.07 Å². The molecule has 3 heteroatoms. The van der Waals surface area contributed by atoms with Crippen molar-refractivity contribution in [1.82, 2.24) is 5.32 Å². The van der Waals surface area contributed by atoms with E-state index < -0.39 is 0 Å². The van der Waals surface area contributed by atoms with E-state index >= 15 is 0 Å². The van der Waals surface area contributed by atoms with E-state index in [1.165, 1.54) is 18.6 Å². The third-order valence-corrected chi connectivity index (χ3v) is 4.25. The van der Waals surface area contributed by atoms with Crippen LogP contribution in [0.15, 0.2) is 24.3 Å². The summed E-state index contributed by atoms with van der Waals surface area (Å²) in [5.74, 6) is 1.31.